The summed E-state index contributed by atoms with van der Waals surface area (Å²) in [5.74, 6) is -0.911. The van der Waals surface area contributed by atoms with Gasteiger partial charge in [-0.1, -0.05) is 13.8 Å². The molecule has 4 nitrogen and oxygen atoms in total. The molecule has 0 radical (unpaired) electrons. The summed E-state index contributed by atoms with van der Waals surface area (Å²) in [7, 11) is 0. The van der Waals surface area contributed by atoms with Gasteiger partial charge >= 0.3 is 0 Å². The quantitative estimate of drug-likeness (QED) is 0.613. The van der Waals surface area contributed by atoms with E-state index >= 15 is 0 Å². The second-order valence-corrected chi connectivity index (χ2v) is 2.86. The Morgan fingerprint density at radius 2 is 2.08 bits per heavy atom. The lowest BCUT2D eigenvalue weighted by Gasteiger charge is -2.06. The van der Waals surface area contributed by atoms with E-state index in [2.05, 4.69) is 5.32 Å². The van der Waals surface area contributed by atoms with Crippen LogP contribution in [0.1, 0.15) is 26.7 Å². The van der Waals surface area contributed by atoms with Crippen LogP contribution in [-0.2, 0) is 9.59 Å². The molecule has 2 amide bonds. The first kappa shape index (κ1) is 10.9. The summed E-state index contributed by atoms with van der Waals surface area (Å²) in [5.41, 5.74) is 4.99. The van der Waals surface area contributed by atoms with Crippen molar-refractivity contribution in [2.24, 2.45) is 11.7 Å². The molecule has 1 atom stereocenters. The number of carbonyl (C=O) groups is 2. The summed E-state index contributed by atoms with van der Waals surface area (Å²) >= 11 is 0. The Morgan fingerprint density at radius 1 is 1.50 bits per heavy atom. The molecule has 0 aliphatic heterocycles. The molecule has 0 bridgehead atoms. The first-order valence-electron chi connectivity index (χ1n) is 4.14. The van der Waals surface area contributed by atoms with Crippen molar-refractivity contribution in [3.05, 3.63) is 0 Å². The number of rotatable bonds is 5. The van der Waals surface area contributed by atoms with Gasteiger partial charge in [-0.05, 0) is 6.42 Å². The number of hydrogen-bond donors (Lipinski definition) is 2. The van der Waals surface area contributed by atoms with Crippen molar-refractivity contribution in [2.45, 2.75) is 26.7 Å². The van der Waals surface area contributed by atoms with Gasteiger partial charge < -0.3 is 11.1 Å². The third kappa shape index (κ3) is 4.71. The molecule has 0 saturated carbocycles. The molecule has 0 aromatic rings. The van der Waals surface area contributed by atoms with Gasteiger partial charge in [0.2, 0.25) is 11.8 Å². The van der Waals surface area contributed by atoms with Crippen molar-refractivity contribution in [1.29, 1.82) is 0 Å². The molecule has 0 fully saturated rings. The molecule has 12 heavy (non-hydrogen) atoms. The second kappa shape index (κ2) is 5.57. The van der Waals surface area contributed by atoms with Gasteiger partial charge in [0.15, 0.2) is 0 Å². The molecule has 0 saturated heterocycles. The largest absolute Gasteiger partial charge is 0.369 e. The van der Waals surface area contributed by atoms with Crippen LogP contribution in [-0.4, -0.2) is 18.4 Å². The van der Waals surface area contributed by atoms with E-state index < -0.39 is 5.91 Å². The highest BCUT2D eigenvalue weighted by atomic mass is 16.2. The van der Waals surface area contributed by atoms with Crippen LogP contribution < -0.4 is 11.1 Å². The minimum atomic E-state index is -0.429. The van der Waals surface area contributed by atoms with Crippen molar-refractivity contribution in [3.8, 4) is 0 Å². The second-order valence-electron chi connectivity index (χ2n) is 2.86. The van der Waals surface area contributed by atoms with Crippen molar-refractivity contribution < 1.29 is 9.59 Å². The maximum Gasteiger partial charge on any atom is 0.220 e. The molecule has 0 spiro atoms. The van der Waals surface area contributed by atoms with Crippen LogP contribution in [0.15, 0.2) is 0 Å². The Hall–Kier alpha value is -1.06. The molecule has 70 valence electrons. The third-order valence-electron chi connectivity index (χ3n) is 1.55. The zero-order chi connectivity index (χ0) is 9.56. The summed E-state index contributed by atoms with van der Waals surface area (Å²) in [6.45, 7) is 4.27. The van der Waals surface area contributed by atoms with E-state index in [1.165, 1.54) is 0 Å². The van der Waals surface area contributed by atoms with Gasteiger partial charge in [-0.3, -0.25) is 9.59 Å². The van der Waals surface area contributed by atoms with Gasteiger partial charge in [0.25, 0.3) is 0 Å². The van der Waals surface area contributed by atoms with Gasteiger partial charge in [0, 0.05) is 18.9 Å². The molecule has 1 unspecified atom stereocenters. The van der Waals surface area contributed by atoms with E-state index in [4.69, 9.17) is 5.73 Å². The molecular weight excluding hydrogens is 156 g/mol. The number of nitrogens with two attached hydrogens (primary N) is 1. The fraction of sp³-hybridized carbons (Fsp3) is 0.750. The van der Waals surface area contributed by atoms with Crippen LogP contribution in [0.3, 0.4) is 0 Å². The van der Waals surface area contributed by atoms with Crippen molar-refractivity contribution in [3.63, 3.8) is 0 Å². The van der Waals surface area contributed by atoms with Crippen molar-refractivity contribution in [2.75, 3.05) is 6.54 Å². The lowest BCUT2D eigenvalue weighted by Crippen LogP contribution is -2.30. The fourth-order valence-corrected chi connectivity index (χ4v) is 0.715. The SMILES string of the molecule is CCCNC(=O)CC(C)C(N)=O. The van der Waals surface area contributed by atoms with Gasteiger partial charge in [-0.2, -0.15) is 0 Å². The van der Waals surface area contributed by atoms with Crippen LogP contribution in [0.4, 0.5) is 0 Å². The highest BCUT2D eigenvalue weighted by molar-refractivity contribution is 5.84. The van der Waals surface area contributed by atoms with Crippen LogP contribution in [0, 0.1) is 5.92 Å². The minimum absolute atomic E-state index is 0.108. The molecule has 0 aromatic carbocycles. The molecule has 0 aromatic heterocycles. The Balaban J connectivity index is 3.61. The van der Waals surface area contributed by atoms with Crippen molar-refractivity contribution >= 4 is 11.8 Å². The highest BCUT2D eigenvalue weighted by Crippen LogP contribution is 1.99. The number of amides is 2. The van der Waals surface area contributed by atoms with E-state index in [9.17, 15) is 9.59 Å². The van der Waals surface area contributed by atoms with Crippen LogP contribution >= 0.6 is 0 Å². The molecule has 0 heterocycles. The highest BCUT2D eigenvalue weighted by Gasteiger charge is 2.12. The molecule has 4 heteroatoms. The van der Waals surface area contributed by atoms with Crippen LogP contribution in [0.5, 0.6) is 0 Å². The average Bonchev–Trinajstić information content (AvgIpc) is 2.00. The standard InChI is InChI=1S/C8H16N2O2/c1-3-4-10-7(11)5-6(2)8(9)12/h6H,3-5H2,1-2H3,(H2,9,12)(H,10,11). The van der Waals surface area contributed by atoms with Crippen LogP contribution in [0.2, 0.25) is 0 Å². The molecule has 3 N–H and O–H groups in total. The topological polar surface area (TPSA) is 72.2 Å². The predicted molar refractivity (Wildman–Crippen MR) is 46.3 cm³/mol. The maximum absolute atomic E-state index is 11.0. The Bertz CT molecular complexity index is 168. The number of nitrogens with one attached hydrogen (secondary N) is 1. The fourth-order valence-electron chi connectivity index (χ4n) is 0.715. The summed E-state index contributed by atoms with van der Waals surface area (Å²) in [5, 5.41) is 2.67. The summed E-state index contributed by atoms with van der Waals surface area (Å²) in [6, 6.07) is 0. The molecular formula is C8H16N2O2. The number of hydrogen-bond acceptors (Lipinski definition) is 2. The third-order valence-corrected chi connectivity index (χ3v) is 1.55. The summed E-state index contributed by atoms with van der Waals surface area (Å²) in [4.78, 5) is 21.5. The first-order valence-corrected chi connectivity index (χ1v) is 4.14. The first-order chi connectivity index (χ1) is 5.57. The van der Waals surface area contributed by atoms with E-state index in [1.807, 2.05) is 6.92 Å². The van der Waals surface area contributed by atoms with Crippen molar-refractivity contribution in [1.82, 2.24) is 5.32 Å². The minimum Gasteiger partial charge on any atom is -0.369 e. The van der Waals surface area contributed by atoms with Gasteiger partial charge in [0.1, 0.15) is 0 Å². The summed E-state index contributed by atoms with van der Waals surface area (Å²) in [6.07, 6.45) is 1.09. The van der Waals surface area contributed by atoms with E-state index in [-0.39, 0.29) is 18.2 Å². The molecule has 0 aliphatic rings. The van der Waals surface area contributed by atoms with E-state index in [0.29, 0.717) is 6.54 Å². The average molecular weight is 172 g/mol. The summed E-state index contributed by atoms with van der Waals surface area (Å²) < 4.78 is 0. The lowest BCUT2D eigenvalue weighted by molar-refractivity contribution is -0.127. The lowest BCUT2D eigenvalue weighted by atomic mass is 10.1. The monoisotopic (exact) mass is 172 g/mol. The van der Waals surface area contributed by atoms with Gasteiger partial charge in [0.05, 0.1) is 0 Å². The Labute approximate surface area is 72.5 Å². The van der Waals surface area contributed by atoms with Gasteiger partial charge in [-0.25, -0.2) is 0 Å². The predicted octanol–water partition coefficient (Wildman–Crippen LogP) is 0.0241. The molecule has 0 aliphatic carbocycles. The number of carbonyl (C=O) groups excluding carboxylic acids is 2. The number of primary amides is 1. The van der Waals surface area contributed by atoms with E-state index in [1.54, 1.807) is 6.92 Å². The molecule has 0 rings (SSSR count). The Morgan fingerprint density at radius 3 is 2.50 bits per heavy atom. The Kier molecular flexibility index (Phi) is 5.08. The maximum atomic E-state index is 11.0. The van der Waals surface area contributed by atoms with Gasteiger partial charge in [-0.15, -0.1) is 0 Å². The zero-order valence-electron chi connectivity index (χ0n) is 7.59. The van der Waals surface area contributed by atoms with Crippen LogP contribution in [0.25, 0.3) is 0 Å². The smallest absolute Gasteiger partial charge is 0.220 e. The normalized spacial score (nSPS) is 12.2. The van der Waals surface area contributed by atoms with E-state index in [0.717, 1.165) is 6.42 Å². The zero-order valence-corrected chi connectivity index (χ0v) is 7.59.